The monoisotopic (exact) mass is 314 g/mol. The van der Waals surface area contributed by atoms with Gasteiger partial charge in [0.2, 0.25) is 0 Å². The summed E-state index contributed by atoms with van der Waals surface area (Å²) >= 11 is 0. The molecule has 0 amide bonds. The highest BCUT2D eigenvalue weighted by Crippen LogP contribution is 2.38. The van der Waals surface area contributed by atoms with Crippen LogP contribution in [0.2, 0.25) is 0 Å². The Hall–Kier alpha value is -0.900. The summed E-state index contributed by atoms with van der Waals surface area (Å²) in [5, 5.41) is 0. The summed E-state index contributed by atoms with van der Waals surface area (Å²) in [7, 11) is 0. The predicted molar refractivity (Wildman–Crippen MR) is 93.7 cm³/mol. The Kier molecular flexibility index (Phi) is 4.70. The minimum Gasteiger partial charge on any atom is -0.373 e. The third kappa shape index (κ3) is 3.62. The third-order valence-corrected chi connectivity index (χ3v) is 6.17. The van der Waals surface area contributed by atoms with Crippen molar-refractivity contribution in [2.75, 3.05) is 39.3 Å². The first-order valence-corrected chi connectivity index (χ1v) is 9.47. The molecular weight excluding hydrogens is 284 g/mol. The summed E-state index contributed by atoms with van der Waals surface area (Å²) in [6.07, 6.45) is 7.68. The Balaban J connectivity index is 1.24. The van der Waals surface area contributed by atoms with Crippen LogP contribution in [-0.2, 0) is 11.2 Å². The maximum atomic E-state index is 6.35. The van der Waals surface area contributed by atoms with Gasteiger partial charge in [0.25, 0.3) is 0 Å². The molecule has 0 bridgehead atoms. The van der Waals surface area contributed by atoms with E-state index in [0.29, 0.717) is 6.04 Å². The van der Waals surface area contributed by atoms with Gasteiger partial charge in [-0.25, -0.2) is 0 Å². The van der Waals surface area contributed by atoms with Crippen LogP contribution in [0.1, 0.15) is 37.7 Å². The summed E-state index contributed by atoms with van der Waals surface area (Å²) in [5.74, 6) is 0. The molecule has 3 fully saturated rings. The molecular formula is C20H30N2O. The van der Waals surface area contributed by atoms with E-state index in [2.05, 4.69) is 40.1 Å². The maximum Gasteiger partial charge on any atom is 0.0723 e. The Morgan fingerprint density at radius 3 is 2.48 bits per heavy atom. The van der Waals surface area contributed by atoms with Gasteiger partial charge < -0.3 is 9.64 Å². The zero-order chi connectivity index (χ0) is 15.5. The van der Waals surface area contributed by atoms with Crippen LogP contribution in [0.25, 0.3) is 0 Å². The van der Waals surface area contributed by atoms with Gasteiger partial charge in [0.15, 0.2) is 0 Å². The van der Waals surface area contributed by atoms with Gasteiger partial charge >= 0.3 is 0 Å². The Morgan fingerprint density at radius 2 is 1.74 bits per heavy atom. The van der Waals surface area contributed by atoms with Crippen LogP contribution in [0, 0.1) is 0 Å². The number of rotatable bonds is 4. The second kappa shape index (κ2) is 6.92. The number of likely N-dealkylation sites (tertiary alicyclic amines) is 2. The molecule has 0 unspecified atom stereocenters. The highest BCUT2D eigenvalue weighted by molar-refractivity contribution is 5.15. The fourth-order valence-corrected chi connectivity index (χ4v) is 4.63. The van der Waals surface area contributed by atoms with Crippen LogP contribution in [0.15, 0.2) is 30.3 Å². The van der Waals surface area contributed by atoms with Gasteiger partial charge in [-0.05, 0) is 57.2 Å². The second-order valence-electron chi connectivity index (χ2n) is 7.67. The van der Waals surface area contributed by atoms with Crippen molar-refractivity contribution in [3.63, 3.8) is 0 Å². The summed E-state index contributed by atoms with van der Waals surface area (Å²) in [5.41, 5.74) is 1.66. The molecule has 1 aromatic carbocycles. The number of hydrogen-bond acceptors (Lipinski definition) is 3. The van der Waals surface area contributed by atoms with Gasteiger partial charge in [-0.1, -0.05) is 30.3 Å². The van der Waals surface area contributed by atoms with E-state index in [1.165, 1.54) is 76.8 Å². The molecule has 0 aromatic heterocycles. The molecule has 1 aromatic rings. The number of benzene rings is 1. The largest absolute Gasteiger partial charge is 0.373 e. The SMILES string of the molecule is c1ccc(CCN2CCC3(CC2)C[C@@H](N2CCCC2)CO3)cc1. The van der Waals surface area contributed by atoms with E-state index in [9.17, 15) is 0 Å². The van der Waals surface area contributed by atoms with Crippen molar-refractivity contribution in [2.45, 2.75) is 50.2 Å². The van der Waals surface area contributed by atoms with E-state index in [1.54, 1.807) is 0 Å². The minimum absolute atomic E-state index is 0.205. The second-order valence-corrected chi connectivity index (χ2v) is 7.67. The van der Waals surface area contributed by atoms with E-state index in [-0.39, 0.29) is 5.60 Å². The average Bonchev–Trinajstić information content (AvgIpc) is 3.26. The maximum absolute atomic E-state index is 6.35. The van der Waals surface area contributed by atoms with Crippen molar-refractivity contribution in [2.24, 2.45) is 0 Å². The highest BCUT2D eigenvalue weighted by Gasteiger charge is 2.44. The van der Waals surface area contributed by atoms with Crippen LogP contribution < -0.4 is 0 Å². The molecule has 126 valence electrons. The molecule has 4 rings (SSSR count). The van der Waals surface area contributed by atoms with E-state index in [1.807, 2.05) is 0 Å². The van der Waals surface area contributed by atoms with Gasteiger partial charge in [-0.15, -0.1) is 0 Å². The van der Waals surface area contributed by atoms with Crippen LogP contribution in [0.4, 0.5) is 0 Å². The van der Waals surface area contributed by atoms with Crippen molar-refractivity contribution < 1.29 is 4.74 Å². The average molecular weight is 314 g/mol. The van der Waals surface area contributed by atoms with Crippen LogP contribution in [0.3, 0.4) is 0 Å². The van der Waals surface area contributed by atoms with Gasteiger partial charge in [0.05, 0.1) is 12.2 Å². The quantitative estimate of drug-likeness (QED) is 0.850. The van der Waals surface area contributed by atoms with E-state index >= 15 is 0 Å². The van der Waals surface area contributed by atoms with Crippen molar-refractivity contribution in [1.82, 2.24) is 9.80 Å². The zero-order valence-corrected chi connectivity index (χ0v) is 14.3. The summed E-state index contributed by atoms with van der Waals surface area (Å²) < 4.78 is 6.35. The molecule has 0 aliphatic carbocycles. The number of piperidine rings is 1. The van der Waals surface area contributed by atoms with E-state index in [0.717, 1.165) is 6.61 Å². The Morgan fingerprint density at radius 1 is 1.00 bits per heavy atom. The van der Waals surface area contributed by atoms with Crippen LogP contribution in [0.5, 0.6) is 0 Å². The Labute approximate surface area is 140 Å². The van der Waals surface area contributed by atoms with Gasteiger partial charge in [0.1, 0.15) is 0 Å². The molecule has 3 aliphatic heterocycles. The predicted octanol–water partition coefficient (Wildman–Crippen LogP) is 2.95. The molecule has 0 saturated carbocycles. The first kappa shape index (κ1) is 15.6. The van der Waals surface area contributed by atoms with Crippen LogP contribution in [-0.4, -0.2) is 60.8 Å². The van der Waals surface area contributed by atoms with Crippen molar-refractivity contribution >= 4 is 0 Å². The molecule has 0 N–H and O–H groups in total. The van der Waals surface area contributed by atoms with Crippen molar-refractivity contribution in [1.29, 1.82) is 0 Å². The molecule has 3 heterocycles. The lowest BCUT2D eigenvalue weighted by Crippen LogP contribution is -2.45. The summed E-state index contributed by atoms with van der Waals surface area (Å²) in [6.45, 7) is 7.18. The van der Waals surface area contributed by atoms with Gasteiger partial charge in [-0.2, -0.15) is 0 Å². The smallest absolute Gasteiger partial charge is 0.0723 e. The molecule has 3 saturated heterocycles. The van der Waals surface area contributed by atoms with Crippen molar-refractivity contribution in [3.8, 4) is 0 Å². The van der Waals surface area contributed by atoms with E-state index < -0.39 is 0 Å². The Bertz CT molecular complexity index is 490. The topological polar surface area (TPSA) is 15.7 Å². The minimum atomic E-state index is 0.205. The lowest BCUT2D eigenvalue weighted by Gasteiger charge is -2.39. The molecule has 0 radical (unpaired) electrons. The first-order valence-electron chi connectivity index (χ1n) is 9.47. The fourth-order valence-electron chi connectivity index (χ4n) is 4.63. The van der Waals surface area contributed by atoms with Crippen LogP contribution >= 0.6 is 0 Å². The summed E-state index contributed by atoms with van der Waals surface area (Å²) in [6, 6.07) is 11.6. The molecule has 3 aliphatic rings. The summed E-state index contributed by atoms with van der Waals surface area (Å²) in [4.78, 5) is 5.31. The van der Waals surface area contributed by atoms with Gasteiger partial charge in [0, 0.05) is 25.7 Å². The van der Waals surface area contributed by atoms with Gasteiger partial charge in [-0.3, -0.25) is 4.90 Å². The zero-order valence-electron chi connectivity index (χ0n) is 14.3. The number of hydrogen-bond donors (Lipinski definition) is 0. The first-order chi connectivity index (χ1) is 11.3. The number of nitrogens with zero attached hydrogens (tertiary/aromatic N) is 2. The number of ether oxygens (including phenoxy) is 1. The molecule has 1 spiro atoms. The highest BCUT2D eigenvalue weighted by atomic mass is 16.5. The third-order valence-electron chi connectivity index (χ3n) is 6.17. The molecule has 3 heteroatoms. The molecule has 1 atom stereocenters. The standard InChI is InChI=1S/C20H30N2O/c1-2-6-18(7-3-1)8-13-21-14-9-20(10-15-21)16-19(17-23-20)22-11-4-5-12-22/h1-3,6-7,19H,4-5,8-17H2/t19-/m1/s1. The van der Waals surface area contributed by atoms with Crippen molar-refractivity contribution in [3.05, 3.63) is 35.9 Å². The normalized spacial score (nSPS) is 28.6. The lowest BCUT2D eigenvalue weighted by atomic mass is 9.87. The van der Waals surface area contributed by atoms with E-state index in [4.69, 9.17) is 4.74 Å². The fraction of sp³-hybridized carbons (Fsp3) is 0.700. The lowest BCUT2D eigenvalue weighted by molar-refractivity contribution is -0.0435. The molecule has 23 heavy (non-hydrogen) atoms. The molecule has 3 nitrogen and oxygen atoms in total.